The molecule has 8 heteroatoms. The van der Waals surface area contributed by atoms with Crippen molar-refractivity contribution in [2.75, 3.05) is 13.2 Å². The van der Waals surface area contributed by atoms with Crippen molar-refractivity contribution in [2.45, 2.75) is 26.6 Å². The molecule has 33 heavy (non-hydrogen) atoms. The van der Waals surface area contributed by atoms with Gasteiger partial charge in [-0.3, -0.25) is 0 Å². The van der Waals surface area contributed by atoms with Crippen LogP contribution in [0.5, 0.6) is 11.5 Å². The van der Waals surface area contributed by atoms with Gasteiger partial charge >= 0.3 is 0 Å². The normalized spacial score (nSPS) is 12.2. The van der Waals surface area contributed by atoms with E-state index in [9.17, 15) is 13.2 Å². The zero-order chi connectivity index (χ0) is 23.4. The number of fused-ring (bicyclic) bond motifs is 1. The van der Waals surface area contributed by atoms with Crippen molar-refractivity contribution in [3.63, 3.8) is 0 Å². The van der Waals surface area contributed by atoms with Gasteiger partial charge in [-0.2, -0.15) is 0 Å². The first kappa shape index (κ1) is 22.7. The Bertz CT molecular complexity index is 1240. The molecule has 0 bridgehead atoms. The molecule has 5 nitrogen and oxygen atoms in total. The Morgan fingerprint density at radius 3 is 2.39 bits per heavy atom. The summed E-state index contributed by atoms with van der Waals surface area (Å²) in [6, 6.07) is 13.2. The summed E-state index contributed by atoms with van der Waals surface area (Å²) in [6.07, 6.45) is -0.518. The minimum Gasteiger partial charge on any atom is -0.491 e. The maximum absolute atomic E-state index is 14.2. The Morgan fingerprint density at radius 1 is 0.879 bits per heavy atom. The molecule has 172 valence electrons. The predicted octanol–water partition coefficient (Wildman–Crippen LogP) is 6.08. The third kappa shape index (κ3) is 5.12. The van der Waals surface area contributed by atoms with Crippen LogP contribution in [0.3, 0.4) is 0 Å². The van der Waals surface area contributed by atoms with Crippen molar-refractivity contribution in [3.05, 3.63) is 89.0 Å². The van der Waals surface area contributed by atoms with Crippen LogP contribution in [0.2, 0.25) is 0 Å². The zero-order valence-electron chi connectivity index (χ0n) is 18.2. The van der Waals surface area contributed by atoms with Crippen LogP contribution in [0.15, 0.2) is 54.6 Å². The molecular formula is C25H23F3N2O3. The monoisotopic (exact) mass is 456 g/mol. The van der Waals surface area contributed by atoms with Crippen molar-refractivity contribution in [3.8, 4) is 11.5 Å². The number of rotatable bonds is 9. The average molecular weight is 456 g/mol. The summed E-state index contributed by atoms with van der Waals surface area (Å²) >= 11 is 0. The third-order valence-corrected chi connectivity index (χ3v) is 5.02. The van der Waals surface area contributed by atoms with E-state index < -0.39 is 23.6 Å². The molecule has 0 saturated heterocycles. The second-order valence-electron chi connectivity index (χ2n) is 7.28. The van der Waals surface area contributed by atoms with Crippen LogP contribution >= 0.6 is 0 Å². The molecular weight excluding hydrogens is 433 g/mol. The lowest BCUT2D eigenvalue weighted by molar-refractivity contribution is 0.0859. The lowest BCUT2D eigenvalue weighted by Crippen LogP contribution is -2.08. The van der Waals surface area contributed by atoms with Gasteiger partial charge in [0.25, 0.3) is 0 Å². The molecule has 0 saturated carbocycles. The molecule has 4 aromatic rings. The predicted molar refractivity (Wildman–Crippen MR) is 118 cm³/mol. The maximum atomic E-state index is 14.2. The molecule has 1 unspecified atom stereocenters. The van der Waals surface area contributed by atoms with E-state index in [2.05, 4.69) is 9.97 Å². The summed E-state index contributed by atoms with van der Waals surface area (Å²) in [5, 5.41) is 0. The Hall–Kier alpha value is -3.52. The summed E-state index contributed by atoms with van der Waals surface area (Å²) in [6.45, 7) is 4.33. The van der Waals surface area contributed by atoms with E-state index in [0.717, 1.165) is 23.8 Å². The number of aromatic amines is 1. The molecule has 0 fully saturated rings. The van der Waals surface area contributed by atoms with Gasteiger partial charge in [0.1, 0.15) is 35.9 Å². The Kier molecular flexibility index (Phi) is 6.84. The molecule has 1 N–H and O–H groups in total. The van der Waals surface area contributed by atoms with Crippen LogP contribution < -0.4 is 9.47 Å². The van der Waals surface area contributed by atoms with Crippen LogP contribution in [0.1, 0.15) is 36.9 Å². The van der Waals surface area contributed by atoms with Crippen molar-refractivity contribution >= 4 is 11.0 Å². The van der Waals surface area contributed by atoms with E-state index in [4.69, 9.17) is 14.2 Å². The fourth-order valence-electron chi connectivity index (χ4n) is 3.47. The summed E-state index contributed by atoms with van der Waals surface area (Å²) < 4.78 is 58.1. The van der Waals surface area contributed by atoms with E-state index >= 15 is 0 Å². The standard InChI is InChI=1S/C25H23F3N2O3/c1-3-31-23-13-22-21(12-20(23)28)29-25(30-22)24(32-4-2)15-5-8-18(9-6-15)33-14-16-11-17(26)7-10-19(16)27/h5-13,24H,3-4,14H2,1-2H3,(H,29,30). The molecule has 1 heterocycles. The highest BCUT2D eigenvalue weighted by molar-refractivity contribution is 5.77. The number of hydrogen-bond donors (Lipinski definition) is 1. The van der Waals surface area contributed by atoms with Crippen LogP contribution in [0.25, 0.3) is 11.0 Å². The quantitative estimate of drug-likeness (QED) is 0.331. The number of nitrogens with zero attached hydrogens (tertiary/aromatic N) is 1. The summed E-state index contributed by atoms with van der Waals surface area (Å²) in [5.74, 6) is -0.362. The summed E-state index contributed by atoms with van der Waals surface area (Å²) in [4.78, 5) is 7.69. The SMILES string of the molecule is CCOc1cc2nc(C(OCC)c3ccc(OCc4cc(F)ccc4F)cc3)[nH]c2cc1F. The fraction of sp³-hybridized carbons (Fsp3) is 0.240. The fourth-order valence-corrected chi connectivity index (χ4v) is 3.47. The maximum Gasteiger partial charge on any atom is 0.167 e. The van der Waals surface area contributed by atoms with Gasteiger partial charge in [0.05, 0.1) is 17.6 Å². The van der Waals surface area contributed by atoms with E-state index in [1.165, 1.54) is 6.07 Å². The number of imidazole rings is 1. The lowest BCUT2D eigenvalue weighted by atomic mass is 10.1. The van der Waals surface area contributed by atoms with Crippen molar-refractivity contribution in [1.29, 1.82) is 0 Å². The Balaban J connectivity index is 1.54. The smallest absolute Gasteiger partial charge is 0.167 e. The second kappa shape index (κ2) is 9.95. The Labute approximate surface area is 189 Å². The largest absolute Gasteiger partial charge is 0.491 e. The number of H-pyrrole nitrogens is 1. The summed E-state index contributed by atoms with van der Waals surface area (Å²) in [5.41, 5.74) is 2.03. The van der Waals surface area contributed by atoms with Gasteiger partial charge < -0.3 is 19.2 Å². The highest BCUT2D eigenvalue weighted by atomic mass is 19.1. The van der Waals surface area contributed by atoms with Gasteiger partial charge in [-0.1, -0.05) is 12.1 Å². The van der Waals surface area contributed by atoms with Crippen molar-refractivity contribution < 1.29 is 27.4 Å². The molecule has 0 radical (unpaired) electrons. The van der Waals surface area contributed by atoms with Gasteiger partial charge in [-0.05, 0) is 49.7 Å². The molecule has 0 aliphatic carbocycles. The molecule has 0 spiro atoms. The summed E-state index contributed by atoms with van der Waals surface area (Å²) in [7, 11) is 0. The van der Waals surface area contributed by atoms with E-state index in [-0.39, 0.29) is 17.9 Å². The van der Waals surface area contributed by atoms with Gasteiger partial charge in [0, 0.05) is 24.3 Å². The number of ether oxygens (including phenoxy) is 3. The molecule has 0 amide bonds. The van der Waals surface area contributed by atoms with Gasteiger partial charge in [0.15, 0.2) is 11.6 Å². The van der Waals surface area contributed by atoms with Gasteiger partial charge in [-0.15, -0.1) is 0 Å². The van der Waals surface area contributed by atoms with Crippen LogP contribution in [0.4, 0.5) is 13.2 Å². The first-order valence-corrected chi connectivity index (χ1v) is 10.6. The third-order valence-electron chi connectivity index (χ3n) is 5.02. The second-order valence-corrected chi connectivity index (χ2v) is 7.28. The van der Waals surface area contributed by atoms with E-state index in [0.29, 0.717) is 35.8 Å². The molecule has 3 aromatic carbocycles. The Morgan fingerprint density at radius 2 is 1.67 bits per heavy atom. The molecule has 0 aliphatic rings. The first-order chi connectivity index (χ1) is 16.0. The topological polar surface area (TPSA) is 56.4 Å². The number of aromatic nitrogens is 2. The van der Waals surface area contributed by atoms with Gasteiger partial charge in [-0.25, -0.2) is 18.2 Å². The van der Waals surface area contributed by atoms with E-state index in [1.807, 2.05) is 6.92 Å². The minimum atomic E-state index is -0.529. The highest BCUT2D eigenvalue weighted by Crippen LogP contribution is 2.30. The molecule has 4 rings (SSSR count). The molecule has 0 aliphatic heterocycles. The molecule has 1 aromatic heterocycles. The number of nitrogens with one attached hydrogen (secondary N) is 1. The molecule has 1 atom stereocenters. The number of benzene rings is 3. The number of halogens is 3. The van der Waals surface area contributed by atoms with Crippen LogP contribution in [0, 0.1) is 17.5 Å². The van der Waals surface area contributed by atoms with Crippen molar-refractivity contribution in [1.82, 2.24) is 9.97 Å². The van der Waals surface area contributed by atoms with Crippen LogP contribution in [-0.4, -0.2) is 23.2 Å². The zero-order valence-corrected chi connectivity index (χ0v) is 18.2. The van der Waals surface area contributed by atoms with Crippen molar-refractivity contribution in [2.24, 2.45) is 0 Å². The average Bonchev–Trinajstić information content (AvgIpc) is 3.21. The minimum absolute atomic E-state index is 0.102. The number of hydrogen-bond acceptors (Lipinski definition) is 4. The first-order valence-electron chi connectivity index (χ1n) is 10.6. The van der Waals surface area contributed by atoms with E-state index in [1.54, 1.807) is 37.3 Å². The lowest BCUT2D eigenvalue weighted by Gasteiger charge is -2.16. The highest BCUT2D eigenvalue weighted by Gasteiger charge is 2.20. The van der Waals surface area contributed by atoms with Crippen LogP contribution in [-0.2, 0) is 11.3 Å². The van der Waals surface area contributed by atoms with Gasteiger partial charge in [0.2, 0.25) is 0 Å².